The molecule has 1 fully saturated rings. The molecule has 0 radical (unpaired) electrons. The summed E-state index contributed by atoms with van der Waals surface area (Å²) in [6, 6.07) is 9.22. The molecule has 0 saturated heterocycles. The van der Waals surface area contributed by atoms with E-state index in [4.69, 9.17) is 0 Å². The van der Waals surface area contributed by atoms with E-state index in [1.807, 2.05) is 40.7 Å². The quantitative estimate of drug-likeness (QED) is 0.372. The zero-order valence-electron chi connectivity index (χ0n) is 22.0. The van der Waals surface area contributed by atoms with Crippen LogP contribution in [0.1, 0.15) is 74.6 Å². The van der Waals surface area contributed by atoms with Crippen LogP contribution in [0, 0.1) is 5.82 Å². The van der Waals surface area contributed by atoms with Crippen LogP contribution in [-0.4, -0.2) is 33.4 Å². The van der Waals surface area contributed by atoms with Crippen molar-refractivity contribution in [1.29, 1.82) is 0 Å². The van der Waals surface area contributed by atoms with Crippen LogP contribution >= 0.6 is 0 Å². The first kappa shape index (κ1) is 25.1. The van der Waals surface area contributed by atoms with Crippen molar-refractivity contribution in [2.24, 2.45) is 0 Å². The maximum Gasteiger partial charge on any atom is 0.256 e. The second-order valence-electron chi connectivity index (χ2n) is 11.2. The highest BCUT2D eigenvalue weighted by Gasteiger charge is 2.46. The molecule has 3 aromatic rings. The molecule has 9 heteroatoms. The van der Waals surface area contributed by atoms with Gasteiger partial charge in [0.05, 0.1) is 5.69 Å². The Hall–Kier alpha value is -3.59. The van der Waals surface area contributed by atoms with Crippen LogP contribution in [0.4, 0.5) is 27.7 Å². The van der Waals surface area contributed by atoms with Gasteiger partial charge in [-0.3, -0.25) is 4.79 Å². The molecule has 1 saturated carbocycles. The predicted octanol–water partition coefficient (Wildman–Crippen LogP) is 5.07. The number of halogens is 1. The third-order valence-corrected chi connectivity index (χ3v) is 6.74. The van der Waals surface area contributed by atoms with Crippen LogP contribution in [0.2, 0.25) is 0 Å². The predicted molar refractivity (Wildman–Crippen MR) is 143 cm³/mol. The van der Waals surface area contributed by atoms with Gasteiger partial charge in [0.15, 0.2) is 0 Å². The summed E-state index contributed by atoms with van der Waals surface area (Å²) in [7, 11) is 0. The molecule has 3 heterocycles. The van der Waals surface area contributed by atoms with Crippen LogP contribution in [0.5, 0.6) is 0 Å². The Labute approximate surface area is 216 Å². The molecule has 4 N–H and O–H groups in total. The Kier molecular flexibility index (Phi) is 6.35. The third kappa shape index (κ3) is 5.27. The fourth-order valence-electron chi connectivity index (χ4n) is 4.78. The minimum absolute atomic E-state index is 0.0608. The molecule has 37 heavy (non-hydrogen) atoms. The molecule has 194 valence electrons. The molecule has 0 bridgehead atoms. The van der Waals surface area contributed by atoms with Gasteiger partial charge in [-0.15, -0.1) is 0 Å². The van der Waals surface area contributed by atoms with E-state index in [1.165, 1.54) is 42.3 Å². The normalized spacial score (nSPS) is 15.9. The van der Waals surface area contributed by atoms with Gasteiger partial charge in [0.25, 0.3) is 5.91 Å². The SMILES string of the molecule is CC(C)NC(=O)c1cnc(Nc2ccc3c(c2)CCNC32CC2)nc1Nc1ccc(F)c(C(C)(C)C)n1. The number of anilines is 4. The second-order valence-corrected chi connectivity index (χ2v) is 11.2. The van der Waals surface area contributed by atoms with Gasteiger partial charge >= 0.3 is 0 Å². The topological polar surface area (TPSA) is 104 Å². The number of aromatic nitrogens is 3. The third-order valence-electron chi connectivity index (χ3n) is 6.74. The standard InChI is InChI=1S/C28H34FN7O/c1-16(2)32-25(37)19-15-30-26(33-18-6-7-20-17(14-18)10-13-31-28(20)11-12-28)36-24(19)35-22-9-8-21(29)23(34-22)27(3,4)5/h6-9,14-16,31H,10-13H2,1-5H3,(H,32,37)(H2,30,33,34,35,36). The van der Waals surface area contributed by atoms with E-state index in [1.54, 1.807) is 0 Å². The minimum atomic E-state index is -0.487. The van der Waals surface area contributed by atoms with E-state index < -0.39 is 5.41 Å². The van der Waals surface area contributed by atoms with Gasteiger partial charge in [0.1, 0.15) is 23.0 Å². The largest absolute Gasteiger partial charge is 0.350 e. The maximum atomic E-state index is 14.4. The molecule has 1 amide bonds. The number of hydrogen-bond acceptors (Lipinski definition) is 7. The van der Waals surface area contributed by atoms with Gasteiger partial charge in [-0.2, -0.15) is 4.98 Å². The van der Waals surface area contributed by atoms with Crippen molar-refractivity contribution in [3.63, 3.8) is 0 Å². The fourth-order valence-corrected chi connectivity index (χ4v) is 4.78. The van der Waals surface area contributed by atoms with Gasteiger partial charge in [0, 0.05) is 35.4 Å². The number of fused-ring (bicyclic) bond motifs is 2. The fraction of sp³-hybridized carbons (Fsp3) is 0.429. The summed E-state index contributed by atoms with van der Waals surface area (Å²) in [5.41, 5.74) is 3.88. The van der Waals surface area contributed by atoms with E-state index in [0.717, 1.165) is 18.7 Å². The first-order valence-electron chi connectivity index (χ1n) is 12.8. The Bertz CT molecular complexity index is 1340. The molecular weight excluding hydrogens is 469 g/mol. The number of pyridine rings is 1. The van der Waals surface area contributed by atoms with Crippen molar-refractivity contribution in [2.75, 3.05) is 17.2 Å². The molecule has 0 unspecified atom stereocenters. The van der Waals surface area contributed by atoms with Crippen molar-refractivity contribution >= 4 is 29.2 Å². The summed E-state index contributed by atoms with van der Waals surface area (Å²) in [4.78, 5) is 26.4. The monoisotopic (exact) mass is 503 g/mol. The Morgan fingerprint density at radius 3 is 2.59 bits per heavy atom. The molecule has 1 spiro atoms. The number of carbonyl (C=O) groups excluding carboxylic acids is 1. The van der Waals surface area contributed by atoms with Crippen LogP contribution < -0.4 is 21.3 Å². The molecule has 8 nitrogen and oxygen atoms in total. The lowest BCUT2D eigenvalue weighted by atomic mass is 9.91. The molecule has 1 aliphatic heterocycles. The van der Waals surface area contributed by atoms with Crippen molar-refractivity contribution in [1.82, 2.24) is 25.6 Å². The van der Waals surface area contributed by atoms with E-state index in [2.05, 4.69) is 48.4 Å². The Morgan fingerprint density at radius 2 is 1.89 bits per heavy atom. The summed E-state index contributed by atoms with van der Waals surface area (Å²) in [5.74, 6) is 0.339. The second kappa shape index (κ2) is 9.37. The number of amides is 1. The highest BCUT2D eigenvalue weighted by molar-refractivity contribution is 5.99. The summed E-state index contributed by atoms with van der Waals surface area (Å²) < 4.78 is 14.4. The maximum absolute atomic E-state index is 14.4. The molecule has 2 aromatic heterocycles. The number of rotatable bonds is 6. The summed E-state index contributed by atoms with van der Waals surface area (Å²) in [5, 5.41) is 12.9. The average Bonchev–Trinajstić information content (AvgIpc) is 3.59. The number of nitrogens with zero attached hydrogens (tertiary/aromatic N) is 3. The lowest BCUT2D eigenvalue weighted by Gasteiger charge is -2.27. The lowest BCUT2D eigenvalue weighted by molar-refractivity contribution is 0.0943. The van der Waals surface area contributed by atoms with Crippen LogP contribution in [0.3, 0.4) is 0 Å². The first-order valence-corrected chi connectivity index (χ1v) is 12.8. The zero-order valence-corrected chi connectivity index (χ0v) is 22.0. The van der Waals surface area contributed by atoms with Crippen LogP contribution in [0.25, 0.3) is 0 Å². The molecule has 5 rings (SSSR count). The van der Waals surface area contributed by atoms with E-state index in [-0.39, 0.29) is 34.7 Å². The smallest absolute Gasteiger partial charge is 0.256 e. The summed E-state index contributed by atoms with van der Waals surface area (Å²) in [6.45, 7) is 10.4. The van der Waals surface area contributed by atoms with Gasteiger partial charge < -0.3 is 21.3 Å². The zero-order chi connectivity index (χ0) is 26.4. The Morgan fingerprint density at radius 1 is 1.11 bits per heavy atom. The van der Waals surface area contributed by atoms with Gasteiger partial charge in [-0.25, -0.2) is 14.4 Å². The number of benzene rings is 1. The van der Waals surface area contributed by atoms with E-state index in [0.29, 0.717) is 17.5 Å². The van der Waals surface area contributed by atoms with Crippen molar-refractivity contribution < 1.29 is 9.18 Å². The molecule has 1 aliphatic carbocycles. The highest BCUT2D eigenvalue weighted by Crippen LogP contribution is 2.49. The minimum Gasteiger partial charge on any atom is -0.350 e. The van der Waals surface area contributed by atoms with E-state index in [9.17, 15) is 9.18 Å². The Balaban J connectivity index is 1.46. The van der Waals surface area contributed by atoms with Crippen LogP contribution in [0.15, 0.2) is 36.5 Å². The number of carbonyl (C=O) groups is 1. The number of nitrogens with one attached hydrogen (secondary N) is 4. The van der Waals surface area contributed by atoms with E-state index >= 15 is 0 Å². The first-order chi connectivity index (χ1) is 17.5. The average molecular weight is 504 g/mol. The van der Waals surface area contributed by atoms with Crippen LogP contribution in [-0.2, 0) is 17.4 Å². The highest BCUT2D eigenvalue weighted by atomic mass is 19.1. The van der Waals surface area contributed by atoms with Crippen molar-refractivity contribution in [2.45, 2.75) is 70.9 Å². The van der Waals surface area contributed by atoms with Crippen molar-refractivity contribution in [3.8, 4) is 0 Å². The van der Waals surface area contributed by atoms with Crippen molar-refractivity contribution in [3.05, 3.63) is 64.7 Å². The van der Waals surface area contributed by atoms with Gasteiger partial charge in [-0.1, -0.05) is 26.8 Å². The summed E-state index contributed by atoms with van der Waals surface area (Å²) in [6.07, 6.45) is 4.82. The molecular formula is C28H34FN7O. The van der Waals surface area contributed by atoms with Gasteiger partial charge in [-0.05, 0) is 68.5 Å². The lowest BCUT2D eigenvalue weighted by Crippen LogP contribution is -2.36. The van der Waals surface area contributed by atoms with Gasteiger partial charge in [0.2, 0.25) is 5.95 Å². The molecule has 2 aliphatic rings. The summed E-state index contributed by atoms with van der Waals surface area (Å²) >= 11 is 0. The molecule has 1 aromatic carbocycles. The molecule has 0 atom stereocenters. The number of hydrogen-bond donors (Lipinski definition) is 4.